The average molecular weight is 350 g/mol. The van der Waals surface area contributed by atoms with Crippen molar-refractivity contribution in [1.82, 2.24) is 0 Å². The second kappa shape index (κ2) is 5.94. The number of nitrogens with zero attached hydrogens (tertiary/aromatic N) is 4. The van der Waals surface area contributed by atoms with Crippen LogP contribution in [0.1, 0.15) is 11.1 Å². The Morgan fingerprint density at radius 1 is 0.962 bits per heavy atom. The lowest BCUT2D eigenvalue weighted by Crippen LogP contribution is -2.39. The molecule has 1 fully saturated rings. The summed E-state index contributed by atoms with van der Waals surface area (Å²) in [7, 11) is 1.57. The van der Waals surface area contributed by atoms with E-state index in [1.807, 2.05) is 26.0 Å². The Hall–Kier alpha value is -3.22. The Balaban J connectivity index is 1.70. The first-order chi connectivity index (χ1) is 12.5. The van der Waals surface area contributed by atoms with Crippen molar-refractivity contribution in [2.45, 2.75) is 25.9 Å². The maximum atomic E-state index is 13.0. The standard InChI is InChI=1S/C19H18N4O3/c1-11-7-8-13(9-12(11)2)22-18(24)16-17(19(22)25)23(21-20-16)14-5-4-6-15(10-14)26-3/h4-10,16-17H,1-3H3/t16-,17+/m0/s1. The molecule has 4 rings (SSSR count). The molecule has 0 aliphatic carbocycles. The predicted molar refractivity (Wildman–Crippen MR) is 96.3 cm³/mol. The minimum absolute atomic E-state index is 0.323. The number of fused-ring (bicyclic) bond motifs is 1. The van der Waals surface area contributed by atoms with Gasteiger partial charge in [0, 0.05) is 6.07 Å². The molecule has 0 unspecified atom stereocenters. The predicted octanol–water partition coefficient (Wildman–Crippen LogP) is 2.81. The summed E-state index contributed by atoms with van der Waals surface area (Å²) in [6.07, 6.45) is 0. The van der Waals surface area contributed by atoms with Crippen molar-refractivity contribution < 1.29 is 14.3 Å². The van der Waals surface area contributed by atoms with Crippen LogP contribution < -0.4 is 14.6 Å². The molecule has 0 N–H and O–H groups in total. The van der Waals surface area contributed by atoms with Crippen LogP contribution in [0.15, 0.2) is 52.8 Å². The Morgan fingerprint density at radius 2 is 1.77 bits per heavy atom. The van der Waals surface area contributed by atoms with Crippen molar-refractivity contribution in [3.63, 3.8) is 0 Å². The average Bonchev–Trinajstić information content (AvgIpc) is 3.18. The van der Waals surface area contributed by atoms with Gasteiger partial charge in [0.15, 0.2) is 12.1 Å². The molecule has 0 bridgehead atoms. The molecule has 2 aliphatic heterocycles. The highest BCUT2D eigenvalue weighted by atomic mass is 16.5. The Kier molecular flexibility index (Phi) is 3.72. The summed E-state index contributed by atoms with van der Waals surface area (Å²) in [5, 5.41) is 9.61. The number of carbonyl (C=O) groups excluding carboxylic acids is 2. The maximum Gasteiger partial charge on any atom is 0.263 e. The van der Waals surface area contributed by atoms with E-state index < -0.39 is 12.1 Å². The molecular weight excluding hydrogens is 332 g/mol. The number of hydrogen-bond acceptors (Lipinski definition) is 6. The van der Waals surface area contributed by atoms with E-state index in [1.54, 1.807) is 37.4 Å². The summed E-state index contributed by atoms with van der Waals surface area (Å²) in [5.41, 5.74) is 3.35. The van der Waals surface area contributed by atoms with Crippen LogP contribution in [0.5, 0.6) is 5.75 Å². The first-order valence-corrected chi connectivity index (χ1v) is 8.30. The molecule has 0 saturated carbocycles. The van der Waals surface area contributed by atoms with Crippen LogP contribution in [-0.4, -0.2) is 31.0 Å². The van der Waals surface area contributed by atoms with E-state index in [2.05, 4.69) is 10.3 Å². The molecular formula is C19H18N4O3. The zero-order valence-corrected chi connectivity index (χ0v) is 14.7. The molecule has 2 aliphatic rings. The quantitative estimate of drug-likeness (QED) is 0.798. The van der Waals surface area contributed by atoms with Crippen molar-refractivity contribution >= 4 is 23.2 Å². The summed E-state index contributed by atoms with van der Waals surface area (Å²) in [6.45, 7) is 3.94. The number of ether oxygens (including phenoxy) is 1. The molecule has 7 heteroatoms. The van der Waals surface area contributed by atoms with Crippen LogP contribution >= 0.6 is 0 Å². The summed E-state index contributed by atoms with van der Waals surface area (Å²) < 4.78 is 5.23. The van der Waals surface area contributed by atoms with Crippen LogP contribution in [0.3, 0.4) is 0 Å². The summed E-state index contributed by atoms with van der Waals surface area (Å²) in [4.78, 5) is 27.1. The Bertz CT molecular complexity index is 940. The van der Waals surface area contributed by atoms with Gasteiger partial charge in [-0.1, -0.05) is 17.4 Å². The molecule has 132 valence electrons. The van der Waals surface area contributed by atoms with E-state index in [9.17, 15) is 9.59 Å². The van der Waals surface area contributed by atoms with E-state index in [1.165, 1.54) is 9.91 Å². The number of hydrogen-bond donors (Lipinski definition) is 0. The Morgan fingerprint density at radius 3 is 2.50 bits per heavy atom. The molecule has 7 nitrogen and oxygen atoms in total. The van der Waals surface area contributed by atoms with Gasteiger partial charge in [0.2, 0.25) is 0 Å². The molecule has 2 atom stereocenters. The molecule has 0 spiro atoms. The zero-order chi connectivity index (χ0) is 18.4. The summed E-state index contributed by atoms with van der Waals surface area (Å²) in [5.74, 6) is -0.0302. The first kappa shape index (κ1) is 16.3. The lowest BCUT2D eigenvalue weighted by atomic mass is 10.1. The van der Waals surface area contributed by atoms with Crippen LogP contribution in [0, 0.1) is 13.8 Å². The third-order valence-electron chi connectivity index (χ3n) is 4.85. The monoisotopic (exact) mass is 350 g/mol. The highest BCUT2D eigenvalue weighted by Gasteiger charge is 2.55. The molecule has 2 heterocycles. The molecule has 0 radical (unpaired) electrons. The fourth-order valence-electron chi connectivity index (χ4n) is 3.25. The van der Waals surface area contributed by atoms with Gasteiger partial charge in [-0.25, -0.2) is 9.91 Å². The SMILES string of the molecule is COc1cccc(N2N=N[C@@H]3C(=O)N(c4ccc(C)c(C)c4)C(=O)[C@@H]32)c1. The van der Waals surface area contributed by atoms with Gasteiger partial charge in [-0.2, -0.15) is 5.11 Å². The molecule has 2 aromatic carbocycles. The highest BCUT2D eigenvalue weighted by Crippen LogP contribution is 2.36. The number of rotatable bonds is 3. The molecule has 26 heavy (non-hydrogen) atoms. The van der Waals surface area contributed by atoms with Crippen LogP contribution in [-0.2, 0) is 9.59 Å². The van der Waals surface area contributed by atoms with Gasteiger partial charge in [-0.05, 0) is 49.2 Å². The third kappa shape index (κ3) is 2.35. The van der Waals surface area contributed by atoms with E-state index in [4.69, 9.17) is 4.74 Å². The second-order valence-electron chi connectivity index (χ2n) is 6.42. The van der Waals surface area contributed by atoms with E-state index in [-0.39, 0.29) is 11.8 Å². The van der Waals surface area contributed by atoms with Crippen LogP contribution in [0.25, 0.3) is 0 Å². The third-order valence-corrected chi connectivity index (χ3v) is 4.85. The van der Waals surface area contributed by atoms with Crippen molar-refractivity contribution in [3.05, 3.63) is 53.6 Å². The lowest BCUT2D eigenvalue weighted by Gasteiger charge is -2.21. The van der Waals surface area contributed by atoms with Crippen molar-refractivity contribution in [3.8, 4) is 5.75 Å². The largest absolute Gasteiger partial charge is 0.497 e. The number of benzene rings is 2. The number of aryl methyl sites for hydroxylation is 2. The fourth-order valence-corrected chi connectivity index (χ4v) is 3.25. The lowest BCUT2D eigenvalue weighted by molar-refractivity contribution is -0.121. The minimum Gasteiger partial charge on any atom is -0.497 e. The number of imide groups is 1. The first-order valence-electron chi connectivity index (χ1n) is 8.30. The number of anilines is 2. The zero-order valence-electron chi connectivity index (χ0n) is 14.7. The number of carbonyl (C=O) groups is 2. The molecule has 2 amide bonds. The minimum atomic E-state index is -0.824. The van der Waals surface area contributed by atoms with Crippen molar-refractivity contribution in [2.75, 3.05) is 17.0 Å². The highest BCUT2D eigenvalue weighted by molar-refractivity contribution is 6.26. The summed E-state index contributed by atoms with van der Waals surface area (Å²) in [6, 6.07) is 11.1. The van der Waals surface area contributed by atoms with Crippen molar-refractivity contribution in [2.24, 2.45) is 10.3 Å². The van der Waals surface area contributed by atoms with E-state index in [0.717, 1.165) is 11.1 Å². The van der Waals surface area contributed by atoms with Gasteiger partial charge >= 0.3 is 0 Å². The second-order valence-corrected chi connectivity index (χ2v) is 6.42. The normalized spacial score (nSPS) is 21.5. The maximum absolute atomic E-state index is 13.0. The van der Waals surface area contributed by atoms with Crippen molar-refractivity contribution in [1.29, 1.82) is 0 Å². The van der Waals surface area contributed by atoms with Gasteiger partial charge < -0.3 is 4.74 Å². The molecule has 0 aromatic heterocycles. The molecule has 2 aromatic rings. The molecule has 1 saturated heterocycles. The van der Waals surface area contributed by atoms with Crippen LogP contribution in [0.2, 0.25) is 0 Å². The number of methoxy groups -OCH3 is 1. The fraction of sp³-hybridized carbons (Fsp3) is 0.263. The van der Waals surface area contributed by atoms with Gasteiger partial charge in [-0.3, -0.25) is 9.59 Å². The van der Waals surface area contributed by atoms with E-state index >= 15 is 0 Å². The number of amides is 2. The van der Waals surface area contributed by atoms with Gasteiger partial charge in [0.25, 0.3) is 11.8 Å². The topological polar surface area (TPSA) is 74.6 Å². The van der Waals surface area contributed by atoms with Crippen LogP contribution in [0.4, 0.5) is 11.4 Å². The smallest absolute Gasteiger partial charge is 0.263 e. The summed E-state index contributed by atoms with van der Waals surface area (Å²) >= 11 is 0. The van der Waals surface area contributed by atoms with Gasteiger partial charge in [-0.15, -0.1) is 0 Å². The Labute approximate surface area is 150 Å². The van der Waals surface area contributed by atoms with Gasteiger partial charge in [0.1, 0.15) is 5.75 Å². The van der Waals surface area contributed by atoms with Gasteiger partial charge in [0.05, 0.1) is 18.5 Å². The van der Waals surface area contributed by atoms with E-state index in [0.29, 0.717) is 17.1 Å².